The molecular formula is C29H29N3O3S. The molecule has 6 nitrogen and oxygen atoms in total. The van der Waals surface area contributed by atoms with Gasteiger partial charge in [0.1, 0.15) is 0 Å². The van der Waals surface area contributed by atoms with Crippen LogP contribution in [0.3, 0.4) is 0 Å². The van der Waals surface area contributed by atoms with Crippen LogP contribution >= 0.6 is 11.8 Å². The van der Waals surface area contributed by atoms with Gasteiger partial charge in [-0.2, -0.15) is 0 Å². The van der Waals surface area contributed by atoms with E-state index in [4.69, 9.17) is 4.98 Å². The summed E-state index contributed by atoms with van der Waals surface area (Å²) in [5.41, 5.74) is 3.99. The smallest absolute Gasteiger partial charge is 0.266 e. The minimum Gasteiger partial charge on any atom is -0.356 e. The fraction of sp³-hybridized carbons (Fsp3) is 0.241. The molecule has 7 heteroatoms. The highest BCUT2D eigenvalue weighted by atomic mass is 32.2. The van der Waals surface area contributed by atoms with Crippen molar-refractivity contribution in [1.82, 2.24) is 14.9 Å². The SMILES string of the molecule is CCc1ccc(-n2c(SC(C)C(=O)c3ccc(CCNC(C)=O)cc3)nc3ccccc3c2=O)cc1. The van der Waals surface area contributed by atoms with E-state index in [1.165, 1.54) is 24.2 Å². The van der Waals surface area contributed by atoms with Crippen LogP contribution in [0.2, 0.25) is 0 Å². The molecule has 0 aliphatic rings. The highest BCUT2D eigenvalue weighted by molar-refractivity contribution is 8.00. The lowest BCUT2D eigenvalue weighted by atomic mass is 10.0. The number of fused-ring (bicyclic) bond motifs is 1. The number of ketones is 1. The average molecular weight is 500 g/mol. The van der Waals surface area contributed by atoms with Gasteiger partial charge in [0.15, 0.2) is 10.9 Å². The Morgan fingerprint density at radius 2 is 1.64 bits per heavy atom. The highest BCUT2D eigenvalue weighted by Gasteiger charge is 2.21. The lowest BCUT2D eigenvalue weighted by Crippen LogP contribution is -2.24. The molecule has 184 valence electrons. The third-order valence-electron chi connectivity index (χ3n) is 6.03. The van der Waals surface area contributed by atoms with Gasteiger partial charge in [0.2, 0.25) is 5.91 Å². The predicted molar refractivity (Wildman–Crippen MR) is 145 cm³/mol. The minimum absolute atomic E-state index is 0.0382. The molecule has 0 spiro atoms. The van der Waals surface area contributed by atoms with Crippen LogP contribution < -0.4 is 10.9 Å². The molecular weight excluding hydrogens is 470 g/mol. The Kier molecular flexibility index (Phi) is 8.00. The zero-order valence-electron chi connectivity index (χ0n) is 20.7. The van der Waals surface area contributed by atoms with Crippen LogP contribution in [0.1, 0.15) is 42.3 Å². The van der Waals surface area contributed by atoms with Gasteiger partial charge in [-0.25, -0.2) is 4.98 Å². The number of carbonyl (C=O) groups excluding carboxylic acids is 2. The second kappa shape index (κ2) is 11.4. The summed E-state index contributed by atoms with van der Waals surface area (Å²) >= 11 is 1.28. The van der Waals surface area contributed by atoms with E-state index in [9.17, 15) is 14.4 Å². The number of nitrogens with zero attached hydrogens (tertiary/aromatic N) is 2. The lowest BCUT2D eigenvalue weighted by molar-refractivity contribution is -0.118. The maximum atomic E-state index is 13.5. The molecule has 1 amide bonds. The van der Waals surface area contributed by atoms with Crippen molar-refractivity contribution in [2.24, 2.45) is 0 Å². The van der Waals surface area contributed by atoms with E-state index in [1.807, 2.05) is 73.7 Å². The first-order valence-electron chi connectivity index (χ1n) is 12.0. The van der Waals surface area contributed by atoms with E-state index in [0.29, 0.717) is 34.6 Å². The van der Waals surface area contributed by atoms with Gasteiger partial charge in [-0.15, -0.1) is 0 Å². The Balaban J connectivity index is 1.62. The fourth-order valence-electron chi connectivity index (χ4n) is 3.96. The summed E-state index contributed by atoms with van der Waals surface area (Å²) in [4.78, 5) is 42.6. The van der Waals surface area contributed by atoms with Crippen LogP contribution in [-0.2, 0) is 17.6 Å². The second-order valence-electron chi connectivity index (χ2n) is 8.63. The van der Waals surface area contributed by atoms with E-state index in [0.717, 1.165) is 17.7 Å². The summed E-state index contributed by atoms with van der Waals surface area (Å²) in [6.45, 7) is 5.97. The number of thioether (sulfide) groups is 1. The van der Waals surface area contributed by atoms with Gasteiger partial charge < -0.3 is 5.32 Å². The molecule has 4 aromatic rings. The van der Waals surface area contributed by atoms with E-state index < -0.39 is 5.25 Å². The van der Waals surface area contributed by atoms with Gasteiger partial charge in [0.05, 0.1) is 21.8 Å². The van der Waals surface area contributed by atoms with Crippen LogP contribution in [0.25, 0.3) is 16.6 Å². The molecule has 1 heterocycles. The number of rotatable bonds is 9. The summed E-state index contributed by atoms with van der Waals surface area (Å²) in [5, 5.41) is 3.34. The molecule has 1 atom stereocenters. The maximum Gasteiger partial charge on any atom is 0.266 e. The highest BCUT2D eigenvalue weighted by Crippen LogP contribution is 2.27. The number of carbonyl (C=O) groups is 2. The molecule has 4 rings (SSSR count). The van der Waals surface area contributed by atoms with Crippen LogP contribution in [0.5, 0.6) is 0 Å². The fourth-order valence-corrected chi connectivity index (χ4v) is 4.97. The molecule has 0 bridgehead atoms. The van der Waals surface area contributed by atoms with Gasteiger partial charge in [-0.05, 0) is 55.2 Å². The van der Waals surface area contributed by atoms with Crippen LogP contribution in [-0.4, -0.2) is 33.0 Å². The third-order valence-corrected chi connectivity index (χ3v) is 7.08. The van der Waals surface area contributed by atoms with E-state index in [1.54, 1.807) is 10.6 Å². The monoisotopic (exact) mass is 499 g/mol. The van der Waals surface area contributed by atoms with Crippen molar-refractivity contribution >= 4 is 34.4 Å². The van der Waals surface area contributed by atoms with Gasteiger partial charge in [-0.1, -0.05) is 67.2 Å². The Hall–Kier alpha value is -3.71. The number of hydrogen-bond acceptors (Lipinski definition) is 5. The number of Topliss-reactive ketones (excluding diaryl/α,β-unsaturated/α-hetero) is 1. The van der Waals surface area contributed by atoms with Crippen LogP contribution in [0.15, 0.2) is 82.7 Å². The number of amides is 1. The molecule has 36 heavy (non-hydrogen) atoms. The molecule has 1 unspecified atom stereocenters. The number of aromatic nitrogens is 2. The largest absolute Gasteiger partial charge is 0.356 e. The van der Waals surface area contributed by atoms with Crippen molar-refractivity contribution in [3.8, 4) is 5.69 Å². The minimum atomic E-state index is -0.454. The lowest BCUT2D eigenvalue weighted by Gasteiger charge is -2.16. The number of benzene rings is 3. The zero-order chi connectivity index (χ0) is 25.7. The van der Waals surface area contributed by atoms with Crippen molar-refractivity contribution in [2.45, 2.75) is 44.0 Å². The Bertz CT molecular complexity index is 1440. The molecule has 3 aromatic carbocycles. The van der Waals surface area contributed by atoms with Gasteiger partial charge in [0, 0.05) is 19.0 Å². The molecule has 0 saturated carbocycles. The predicted octanol–water partition coefficient (Wildman–Crippen LogP) is 4.99. The summed E-state index contributed by atoms with van der Waals surface area (Å²) < 4.78 is 1.60. The van der Waals surface area contributed by atoms with E-state index >= 15 is 0 Å². The zero-order valence-corrected chi connectivity index (χ0v) is 21.5. The normalized spacial score (nSPS) is 11.9. The van der Waals surface area contributed by atoms with Crippen molar-refractivity contribution in [3.05, 3.63) is 99.8 Å². The van der Waals surface area contributed by atoms with Gasteiger partial charge >= 0.3 is 0 Å². The molecule has 0 radical (unpaired) electrons. The summed E-state index contributed by atoms with van der Waals surface area (Å²) in [6, 6.07) is 22.6. The topological polar surface area (TPSA) is 81.1 Å². The molecule has 0 fully saturated rings. The molecule has 0 aliphatic carbocycles. The van der Waals surface area contributed by atoms with Crippen LogP contribution in [0.4, 0.5) is 0 Å². The maximum absolute atomic E-state index is 13.5. The first-order chi connectivity index (χ1) is 17.4. The Morgan fingerprint density at radius 1 is 0.972 bits per heavy atom. The standard InChI is InChI=1S/C29H29N3O3S/c1-4-21-11-15-24(16-12-21)32-28(35)25-7-5-6-8-26(25)31-29(32)36-19(2)27(34)23-13-9-22(10-14-23)17-18-30-20(3)33/h5-16,19H,4,17-18H2,1-3H3,(H,30,33). The van der Waals surface area contributed by atoms with Gasteiger partial charge in [-0.3, -0.25) is 19.0 Å². The van der Waals surface area contributed by atoms with E-state index in [-0.39, 0.29) is 17.2 Å². The molecule has 0 saturated heterocycles. The summed E-state index contributed by atoms with van der Waals surface area (Å²) in [7, 11) is 0. The second-order valence-corrected chi connectivity index (χ2v) is 9.93. The number of nitrogens with one attached hydrogen (secondary N) is 1. The van der Waals surface area contributed by atoms with Crippen molar-refractivity contribution < 1.29 is 9.59 Å². The summed E-state index contributed by atoms with van der Waals surface area (Å²) in [6.07, 6.45) is 1.60. The van der Waals surface area contributed by atoms with Crippen molar-refractivity contribution in [1.29, 1.82) is 0 Å². The van der Waals surface area contributed by atoms with Crippen molar-refractivity contribution in [2.75, 3.05) is 6.54 Å². The number of aryl methyl sites for hydroxylation is 1. The number of hydrogen-bond donors (Lipinski definition) is 1. The first-order valence-corrected chi connectivity index (χ1v) is 12.9. The van der Waals surface area contributed by atoms with Crippen LogP contribution in [0, 0.1) is 0 Å². The summed E-state index contributed by atoms with van der Waals surface area (Å²) in [5.74, 6) is -0.0987. The van der Waals surface area contributed by atoms with Crippen molar-refractivity contribution in [3.63, 3.8) is 0 Å². The number of para-hydroxylation sites is 1. The molecule has 1 aromatic heterocycles. The average Bonchev–Trinajstić information content (AvgIpc) is 2.89. The van der Waals surface area contributed by atoms with Gasteiger partial charge in [0.25, 0.3) is 5.56 Å². The Labute approximate surface area is 214 Å². The Morgan fingerprint density at radius 3 is 2.31 bits per heavy atom. The quantitative estimate of drug-likeness (QED) is 0.199. The third kappa shape index (κ3) is 5.74. The first kappa shape index (κ1) is 25.4. The molecule has 1 N–H and O–H groups in total. The van der Waals surface area contributed by atoms with E-state index in [2.05, 4.69) is 12.2 Å². The molecule has 0 aliphatic heterocycles.